The van der Waals surface area contributed by atoms with Gasteiger partial charge in [0.1, 0.15) is 5.82 Å². The molecule has 4 aromatic rings. The Labute approximate surface area is 177 Å². The van der Waals surface area contributed by atoms with Crippen molar-refractivity contribution in [3.63, 3.8) is 0 Å². The third-order valence-corrected chi connectivity index (χ3v) is 5.16. The minimum Gasteiger partial charge on any atom is -0.363 e. The smallest absolute Gasteiger partial charge is 0.103 e. The van der Waals surface area contributed by atoms with Gasteiger partial charge in [-0.1, -0.05) is 0 Å². The van der Waals surface area contributed by atoms with Crippen molar-refractivity contribution in [1.29, 1.82) is 0 Å². The molecule has 4 heterocycles. The van der Waals surface area contributed by atoms with Crippen LogP contribution >= 0.6 is 22.7 Å². The number of hydrogen-bond donors (Lipinski definition) is 2. The molecule has 0 aromatic carbocycles. The molecule has 0 spiro atoms. The zero-order chi connectivity index (χ0) is 21.1. The zero-order valence-electron chi connectivity index (χ0n) is 18.2. The minimum atomic E-state index is 0.984. The highest BCUT2D eigenvalue weighted by molar-refractivity contribution is 7.11. The van der Waals surface area contributed by atoms with Gasteiger partial charge in [0.15, 0.2) is 0 Å². The zero-order valence-corrected chi connectivity index (χ0v) is 19.8. The molecule has 0 aliphatic carbocycles. The van der Waals surface area contributed by atoms with Crippen LogP contribution in [0.3, 0.4) is 0 Å². The molecule has 152 valence electrons. The van der Waals surface area contributed by atoms with Crippen LogP contribution in [0.4, 0.5) is 0 Å². The van der Waals surface area contributed by atoms with Crippen LogP contribution in [0, 0.1) is 55.4 Å². The van der Waals surface area contributed by atoms with Crippen LogP contribution in [-0.2, 0) is 0 Å². The van der Waals surface area contributed by atoms with E-state index in [4.69, 9.17) is 0 Å². The van der Waals surface area contributed by atoms with Gasteiger partial charge in [0.2, 0.25) is 0 Å². The van der Waals surface area contributed by atoms with Crippen LogP contribution in [0.2, 0.25) is 0 Å². The van der Waals surface area contributed by atoms with E-state index in [0.29, 0.717) is 0 Å². The van der Waals surface area contributed by atoms with Crippen LogP contribution in [0.5, 0.6) is 0 Å². The summed E-state index contributed by atoms with van der Waals surface area (Å²) in [5.74, 6) is 0.984. The Morgan fingerprint density at radius 1 is 0.571 bits per heavy atom. The van der Waals surface area contributed by atoms with Gasteiger partial charge in [0, 0.05) is 44.1 Å². The predicted molar refractivity (Wildman–Crippen MR) is 124 cm³/mol. The Kier molecular flexibility index (Phi) is 10.5. The number of thiophene rings is 1. The summed E-state index contributed by atoms with van der Waals surface area (Å²) in [4.78, 5) is 18.3. The van der Waals surface area contributed by atoms with Crippen molar-refractivity contribution in [2.45, 2.75) is 55.4 Å². The lowest BCUT2D eigenvalue weighted by molar-refractivity contribution is 1.13. The van der Waals surface area contributed by atoms with Gasteiger partial charge in [-0.2, -0.15) is 0 Å². The molecular formula is C22H32N4S2. The summed E-state index contributed by atoms with van der Waals surface area (Å²) >= 11 is 3.57. The van der Waals surface area contributed by atoms with Crippen molar-refractivity contribution in [2.75, 3.05) is 0 Å². The first kappa shape index (κ1) is 23.9. The molecular weight excluding hydrogens is 384 g/mol. The molecule has 4 nitrogen and oxygen atoms in total. The Hall–Kier alpha value is -2.18. The van der Waals surface area contributed by atoms with Crippen LogP contribution in [0.1, 0.15) is 42.5 Å². The standard InChI is InChI=1S/C6H9N.C6H8S.C5H8N2.C5H7NS/c2*1-5-3-4-6(2)7-5;2*1-4-3-6-5(2)7-4/h3-4,7H,1-2H3;3-4H,1-2H3;3H,1-2H3,(H,6,7);3H,1-2H3. The van der Waals surface area contributed by atoms with Gasteiger partial charge in [0.25, 0.3) is 0 Å². The Morgan fingerprint density at radius 3 is 1.29 bits per heavy atom. The van der Waals surface area contributed by atoms with E-state index in [9.17, 15) is 0 Å². The molecule has 0 atom stereocenters. The molecule has 0 unspecified atom stereocenters. The molecule has 0 saturated carbocycles. The fourth-order valence-corrected chi connectivity index (χ4v) is 3.67. The third kappa shape index (κ3) is 10.8. The number of aryl methyl sites for hydroxylation is 8. The lowest BCUT2D eigenvalue weighted by Gasteiger charge is -1.77. The summed E-state index contributed by atoms with van der Waals surface area (Å²) in [6.45, 7) is 16.3. The van der Waals surface area contributed by atoms with E-state index in [1.54, 1.807) is 11.3 Å². The van der Waals surface area contributed by atoms with E-state index >= 15 is 0 Å². The number of nitrogens with zero attached hydrogens (tertiary/aromatic N) is 2. The van der Waals surface area contributed by atoms with Gasteiger partial charge < -0.3 is 9.97 Å². The Balaban J connectivity index is 0.000000187. The molecule has 28 heavy (non-hydrogen) atoms. The number of aromatic amines is 2. The van der Waals surface area contributed by atoms with E-state index < -0.39 is 0 Å². The molecule has 2 N–H and O–H groups in total. The number of rotatable bonds is 0. The normalized spacial score (nSPS) is 9.43. The van der Waals surface area contributed by atoms with Crippen LogP contribution in [0.25, 0.3) is 0 Å². The number of nitrogens with one attached hydrogen (secondary N) is 2. The molecule has 6 heteroatoms. The quantitative estimate of drug-likeness (QED) is 0.332. The molecule has 4 aromatic heterocycles. The first-order valence-electron chi connectivity index (χ1n) is 9.18. The van der Waals surface area contributed by atoms with Crippen LogP contribution < -0.4 is 0 Å². The summed E-state index contributed by atoms with van der Waals surface area (Å²) in [5, 5.41) is 1.15. The van der Waals surface area contributed by atoms with Crippen molar-refractivity contribution >= 4 is 22.7 Å². The lowest BCUT2D eigenvalue weighted by atomic mass is 10.5. The maximum absolute atomic E-state index is 4.03. The number of H-pyrrole nitrogens is 2. The van der Waals surface area contributed by atoms with Crippen molar-refractivity contribution in [2.24, 2.45) is 0 Å². The number of hydrogen-bond acceptors (Lipinski definition) is 4. The fourth-order valence-electron chi connectivity index (χ4n) is 2.21. The van der Waals surface area contributed by atoms with Gasteiger partial charge in [-0.3, -0.25) is 0 Å². The molecule has 0 aliphatic heterocycles. The molecule has 0 amide bonds. The second-order valence-corrected chi connectivity index (χ2v) is 9.55. The molecule has 4 rings (SSSR count). The Bertz CT molecular complexity index is 709. The molecule has 0 bridgehead atoms. The summed E-state index contributed by atoms with van der Waals surface area (Å²) in [5.41, 5.74) is 3.59. The SMILES string of the molecule is Cc1ccc(C)[nH]1.Cc1ccc(C)s1.Cc1cnc(C)[nH]1.Cc1cnc(C)s1. The van der Waals surface area contributed by atoms with Crippen LogP contribution in [0.15, 0.2) is 36.7 Å². The number of aromatic nitrogens is 4. The molecule has 0 saturated heterocycles. The second kappa shape index (κ2) is 12.3. The third-order valence-electron chi connectivity index (χ3n) is 3.42. The predicted octanol–water partition coefficient (Wildman–Crippen LogP) is 6.78. The average Bonchev–Trinajstić information content (AvgIpc) is 3.37. The van der Waals surface area contributed by atoms with Gasteiger partial charge in [-0.25, -0.2) is 9.97 Å². The minimum absolute atomic E-state index is 0.984. The van der Waals surface area contributed by atoms with Crippen molar-refractivity contribution in [3.05, 3.63) is 79.2 Å². The molecule has 0 radical (unpaired) electrons. The van der Waals surface area contributed by atoms with E-state index in [1.807, 2.05) is 58.3 Å². The summed E-state index contributed by atoms with van der Waals surface area (Å²) in [6, 6.07) is 8.41. The van der Waals surface area contributed by atoms with Crippen molar-refractivity contribution in [3.8, 4) is 0 Å². The van der Waals surface area contributed by atoms with Crippen molar-refractivity contribution < 1.29 is 0 Å². The summed E-state index contributed by atoms with van der Waals surface area (Å²) < 4.78 is 0. The highest BCUT2D eigenvalue weighted by Gasteiger charge is 1.86. The van der Waals surface area contributed by atoms with Gasteiger partial charge in [-0.05, 0) is 79.7 Å². The summed E-state index contributed by atoms with van der Waals surface area (Å²) in [7, 11) is 0. The highest BCUT2D eigenvalue weighted by Crippen LogP contribution is 2.12. The summed E-state index contributed by atoms with van der Waals surface area (Å²) in [6.07, 6.45) is 3.70. The number of imidazole rings is 1. The van der Waals surface area contributed by atoms with Crippen LogP contribution in [-0.4, -0.2) is 19.9 Å². The average molecular weight is 417 g/mol. The van der Waals surface area contributed by atoms with Gasteiger partial charge >= 0.3 is 0 Å². The lowest BCUT2D eigenvalue weighted by Crippen LogP contribution is -1.70. The Morgan fingerprint density at radius 2 is 1.14 bits per heavy atom. The largest absolute Gasteiger partial charge is 0.363 e. The second-order valence-electron chi connectivity index (χ2n) is 6.62. The maximum atomic E-state index is 4.03. The monoisotopic (exact) mass is 416 g/mol. The van der Waals surface area contributed by atoms with Gasteiger partial charge in [-0.15, -0.1) is 22.7 Å². The van der Waals surface area contributed by atoms with Crippen molar-refractivity contribution in [1.82, 2.24) is 19.9 Å². The maximum Gasteiger partial charge on any atom is 0.103 e. The fraction of sp³-hybridized carbons (Fsp3) is 0.364. The first-order valence-corrected chi connectivity index (χ1v) is 10.8. The van der Waals surface area contributed by atoms with E-state index in [2.05, 4.69) is 65.0 Å². The first-order chi connectivity index (χ1) is 13.2. The van der Waals surface area contributed by atoms with E-state index in [0.717, 1.165) is 16.5 Å². The van der Waals surface area contributed by atoms with E-state index in [1.165, 1.54) is 26.0 Å². The molecule has 0 fully saturated rings. The number of thiazole rings is 1. The van der Waals surface area contributed by atoms with E-state index in [-0.39, 0.29) is 0 Å². The highest BCUT2D eigenvalue weighted by atomic mass is 32.1. The topological polar surface area (TPSA) is 57.4 Å². The van der Waals surface area contributed by atoms with Gasteiger partial charge in [0.05, 0.1) is 5.01 Å². The molecule has 0 aliphatic rings.